The van der Waals surface area contributed by atoms with E-state index in [1.54, 1.807) is 29.9 Å². The van der Waals surface area contributed by atoms with Gasteiger partial charge in [-0.25, -0.2) is 9.55 Å². The first kappa shape index (κ1) is 21.5. The molecule has 0 bridgehead atoms. The fourth-order valence-electron chi connectivity index (χ4n) is 4.61. The van der Waals surface area contributed by atoms with Crippen LogP contribution in [0.5, 0.6) is 5.75 Å². The van der Waals surface area contributed by atoms with Gasteiger partial charge in [0.15, 0.2) is 0 Å². The number of hydrogen-bond donors (Lipinski definition) is 1. The lowest BCUT2D eigenvalue weighted by Gasteiger charge is -2.30. The van der Waals surface area contributed by atoms with Crippen LogP contribution in [0.4, 0.5) is 5.95 Å². The summed E-state index contributed by atoms with van der Waals surface area (Å²) in [5.74, 6) is 1.08. The van der Waals surface area contributed by atoms with Crippen molar-refractivity contribution in [2.75, 3.05) is 38.3 Å². The number of methoxy groups -OCH3 is 1. The summed E-state index contributed by atoms with van der Waals surface area (Å²) in [5, 5.41) is 3.58. The third-order valence-corrected chi connectivity index (χ3v) is 6.41. The van der Waals surface area contributed by atoms with Crippen LogP contribution in [0.25, 0.3) is 16.6 Å². The van der Waals surface area contributed by atoms with E-state index in [0.717, 1.165) is 25.7 Å². The van der Waals surface area contributed by atoms with E-state index in [-0.39, 0.29) is 17.5 Å². The molecule has 0 unspecified atom stereocenters. The summed E-state index contributed by atoms with van der Waals surface area (Å²) in [6.45, 7) is 2.39. The van der Waals surface area contributed by atoms with Gasteiger partial charge in [-0.3, -0.25) is 9.59 Å². The molecular weight excluding hydrogens is 420 g/mol. The quantitative estimate of drug-likeness (QED) is 0.646. The number of hydrogen-bond acceptors (Lipinski definition) is 6. The molecule has 2 aromatic carbocycles. The smallest absolute Gasteiger partial charge is 0.267 e. The first-order valence-corrected chi connectivity index (χ1v) is 11.5. The number of ether oxygens (including phenoxy) is 2. The van der Waals surface area contributed by atoms with Crippen molar-refractivity contribution in [3.05, 3.63) is 58.4 Å². The van der Waals surface area contributed by atoms with Gasteiger partial charge in [0.2, 0.25) is 5.95 Å². The number of carbonyl (C=O) groups excluding carboxylic acids is 1. The van der Waals surface area contributed by atoms with Gasteiger partial charge in [-0.2, -0.15) is 0 Å². The van der Waals surface area contributed by atoms with Crippen molar-refractivity contribution in [1.29, 1.82) is 0 Å². The second kappa shape index (κ2) is 9.23. The van der Waals surface area contributed by atoms with Crippen LogP contribution in [-0.4, -0.2) is 54.9 Å². The lowest BCUT2D eigenvalue weighted by atomic mass is 10.1. The Balaban J connectivity index is 1.61. The maximum absolute atomic E-state index is 13.7. The lowest BCUT2D eigenvalue weighted by Crippen LogP contribution is -2.40. The van der Waals surface area contributed by atoms with Crippen LogP contribution in [0, 0.1) is 0 Å². The summed E-state index contributed by atoms with van der Waals surface area (Å²) in [6, 6.07) is 12.7. The molecule has 0 radical (unpaired) electrons. The molecule has 8 nitrogen and oxygen atoms in total. The molecule has 2 aliphatic rings. The summed E-state index contributed by atoms with van der Waals surface area (Å²) >= 11 is 0. The van der Waals surface area contributed by atoms with Gasteiger partial charge in [0.25, 0.3) is 11.5 Å². The fourth-order valence-corrected chi connectivity index (χ4v) is 4.61. The number of carbonyl (C=O) groups is 1. The zero-order chi connectivity index (χ0) is 22.8. The number of amides is 1. The molecule has 1 aliphatic carbocycles. The number of anilines is 1. The van der Waals surface area contributed by atoms with Crippen molar-refractivity contribution >= 4 is 22.8 Å². The molecule has 5 rings (SSSR count). The Bertz CT molecular complexity index is 1230. The molecule has 1 aliphatic heterocycles. The maximum Gasteiger partial charge on any atom is 0.267 e. The van der Waals surface area contributed by atoms with E-state index in [1.165, 1.54) is 0 Å². The van der Waals surface area contributed by atoms with Crippen LogP contribution in [0.15, 0.2) is 47.3 Å². The van der Waals surface area contributed by atoms with Crippen molar-refractivity contribution in [3.63, 3.8) is 0 Å². The van der Waals surface area contributed by atoms with Gasteiger partial charge in [0.1, 0.15) is 5.75 Å². The minimum atomic E-state index is -0.183. The highest BCUT2D eigenvalue weighted by atomic mass is 16.5. The van der Waals surface area contributed by atoms with E-state index in [1.807, 2.05) is 24.3 Å². The highest BCUT2D eigenvalue weighted by molar-refractivity contribution is 5.98. The molecule has 1 N–H and O–H groups in total. The normalized spacial score (nSPS) is 16.8. The predicted molar refractivity (Wildman–Crippen MR) is 127 cm³/mol. The number of nitrogens with one attached hydrogen (secondary N) is 1. The molecule has 1 aromatic heterocycles. The van der Waals surface area contributed by atoms with E-state index >= 15 is 0 Å². The Hall–Kier alpha value is -3.39. The van der Waals surface area contributed by atoms with Crippen molar-refractivity contribution in [2.24, 2.45) is 0 Å². The molecular formula is C25H28N4O4. The number of aromatic nitrogens is 2. The maximum atomic E-state index is 13.7. The van der Waals surface area contributed by atoms with Gasteiger partial charge in [-0.05, 0) is 43.2 Å². The van der Waals surface area contributed by atoms with Crippen molar-refractivity contribution in [2.45, 2.75) is 31.7 Å². The Morgan fingerprint density at radius 1 is 1.12 bits per heavy atom. The zero-order valence-corrected chi connectivity index (χ0v) is 18.8. The van der Waals surface area contributed by atoms with Crippen LogP contribution in [0.2, 0.25) is 0 Å². The molecule has 1 saturated heterocycles. The number of benzene rings is 2. The number of morpholine rings is 1. The molecule has 172 valence electrons. The van der Waals surface area contributed by atoms with Gasteiger partial charge in [0.05, 0.1) is 36.9 Å². The Morgan fingerprint density at radius 2 is 1.91 bits per heavy atom. The third-order valence-electron chi connectivity index (χ3n) is 6.41. The molecule has 2 fully saturated rings. The van der Waals surface area contributed by atoms with Crippen LogP contribution in [0.3, 0.4) is 0 Å². The van der Waals surface area contributed by atoms with Gasteiger partial charge < -0.3 is 19.7 Å². The van der Waals surface area contributed by atoms with Crippen LogP contribution >= 0.6 is 0 Å². The fraction of sp³-hybridized carbons (Fsp3) is 0.400. The predicted octanol–water partition coefficient (Wildman–Crippen LogP) is 2.90. The first-order chi connectivity index (χ1) is 16.1. The van der Waals surface area contributed by atoms with E-state index in [4.69, 9.17) is 14.5 Å². The van der Waals surface area contributed by atoms with Crippen molar-refractivity contribution < 1.29 is 14.3 Å². The van der Waals surface area contributed by atoms with E-state index in [2.05, 4.69) is 10.2 Å². The van der Waals surface area contributed by atoms with E-state index in [9.17, 15) is 9.59 Å². The average Bonchev–Trinajstić information content (AvgIpc) is 3.37. The van der Waals surface area contributed by atoms with Crippen LogP contribution in [-0.2, 0) is 4.74 Å². The standard InChI is InChI=1S/C25H28N4O4/c1-32-20-8-4-7-19(16-20)29-24(31)21-10-9-17(23(30)26-18-5-2-3-6-18)15-22(21)27-25(29)28-11-13-33-14-12-28/h4,7-10,15-16,18H,2-3,5-6,11-14H2,1H3,(H,26,30). The first-order valence-electron chi connectivity index (χ1n) is 11.5. The number of rotatable bonds is 5. The topological polar surface area (TPSA) is 85.7 Å². The lowest BCUT2D eigenvalue weighted by molar-refractivity contribution is 0.0938. The Kier molecular flexibility index (Phi) is 6.00. The minimum Gasteiger partial charge on any atom is -0.497 e. The minimum absolute atomic E-state index is 0.115. The summed E-state index contributed by atoms with van der Waals surface area (Å²) in [7, 11) is 1.60. The zero-order valence-electron chi connectivity index (χ0n) is 18.8. The molecule has 33 heavy (non-hydrogen) atoms. The summed E-state index contributed by atoms with van der Waals surface area (Å²) in [4.78, 5) is 33.4. The molecule has 1 amide bonds. The second-order valence-electron chi connectivity index (χ2n) is 8.54. The Morgan fingerprint density at radius 3 is 2.67 bits per heavy atom. The summed E-state index contributed by atoms with van der Waals surface area (Å²) in [5.41, 5.74) is 1.53. The molecule has 8 heteroatoms. The van der Waals surface area contributed by atoms with E-state index < -0.39 is 0 Å². The van der Waals surface area contributed by atoms with Crippen LogP contribution < -0.4 is 20.5 Å². The molecule has 0 spiro atoms. The molecule has 2 heterocycles. The Labute approximate surface area is 192 Å². The summed E-state index contributed by atoms with van der Waals surface area (Å²) < 4.78 is 12.5. The monoisotopic (exact) mass is 448 g/mol. The molecule has 3 aromatic rings. The van der Waals surface area contributed by atoms with E-state index in [0.29, 0.717) is 60.2 Å². The van der Waals surface area contributed by atoms with Gasteiger partial charge in [-0.1, -0.05) is 18.9 Å². The van der Waals surface area contributed by atoms with Gasteiger partial charge >= 0.3 is 0 Å². The van der Waals surface area contributed by atoms with Gasteiger partial charge in [-0.15, -0.1) is 0 Å². The number of fused-ring (bicyclic) bond motifs is 1. The van der Waals surface area contributed by atoms with Crippen LogP contribution in [0.1, 0.15) is 36.0 Å². The molecule has 0 atom stereocenters. The van der Waals surface area contributed by atoms with Crippen molar-refractivity contribution in [3.8, 4) is 11.4 Å². The highest BCUT2D eigenvalue weighted by Crippen LogP contribution is 2.24. The third kappa shape index (κ3) is 4.30. The largest absolute Gasteiger partial charge is 0.497 e. The molecule has 1 saturated carbocycles. The second-order valence-corrected chi connectivity index (χ2v) is 8.54. The van der Waals surface area contributed by atoms with Gasteiger partial charge in [0, 0.05) is 30.8 Å². The number of nitrogens with zero attached hydrogens (tertiary/aromatic N) is 3. The van der Waals surface area contributed by atoms with Crippen molar-refractivity contribution in [1.82, 2.24) is 14.9 Å². The summed E-state index contributed by atoms with van der Waals surface area (Å²) in [6.07, 6.45) is 4.34. The average molecular weight is 449 g/mol. The highest BCUT2D eigenvalue weighted by Gasteiger charge is 2.22. The SMILES string of the molecule is COc1cccc(-n2c(N3CCOCC3)nc3cc(C(=O)NC4CCCC4)ccc3c2=O)c1.